The Hall–Kier alpha value is -2.42. The van der Waals surface area contributed by atoms with Crippen molar-refractivity contribution in [3.05, 3.63) is 46.4 Å². The van der Waals surface area contributed by atoms with Crippen molar-refractivity contribution in [1.29, 1.82) is 5.26 Å². The lowest BCUT2D eigenvalue weighted by Gasteiger charge is -2.16. The molecule has 0 fully saturated rings. The van der Waals surface area contributed by atoms with Crippen LogP contribution in [-0.4, -0.2) is 19.3 Å². The summed E-state index contributed by atoms with van der Waals surface area (Å²) in [5.74, 6) is 0. The minimum atomic E-state index is -0.347. The highest BCUT2D eigenvalue weighted by Gasteiger charge is 2.18. The fourth-order valence-electron chi connectivity index (χ4n) is 1.66. The maximum absolute atomic E-state index is 12.1. The highest BCUT2D eigenvalue weighted by Crippen LogP contribution is 2.08. The van der Waals surface area contributed by atoms with Gasteiger partial charge in [-0.3, -0.25) is 9.55 Å². The summed E-state index contributed by atoms with van der Waals surface area (Å²) in [7, 11) is 0. The van der Waals surface area contributed by atoms with Crippen LogP contribution in [0, 0.1) is 11.3 Å². The quantitative estimate of drug-likeness (QED) is 0.807. The van der Waals surface area contributed by atoms with Gasteiger partial charge in [-0.2, -0.15) is 10.4 Å². The molecule has 98 valence electrons. The molecule has 0 radical (unpaired) electrons. The Morgan fingerprint density at radius 2 is 2.11 bits per heavy atom. The van der Waals surface area contributed by atoms with E-state index < -0.39 is 0 Å². The van der Waals surface area contributed by atoms with Gasteiger partial charge in [-0.1, -0.05) is 0 Å². The van der Waals surface area contributed by atoms with Gasteiger partial charge in [0.25, 0.3) is 0 Å². The number of rotatable bonds is 2. The third-order valence-electron chi connectivity index (χ3n) is 2.65. The molecular formula is C13H15N5O. The Morgan fingerprint density at radius 1 is 1.37 bits per heavy atom. The second kappa shape index (κ2) is 4.69. The average Bonchev–Trinajstić information content (AvgIpc) is 2.72. The van der Waals surface area contributed by atoms with E-state index in [1.807, 2.05) is 26.8 Å². The zero-order valence-corrected chi connectivity index (χ0v) is 11.2. The first-order chi connectivity index (χ1) is 8.91. The number of aromatic nitrogens is 4. The number of nitrogens with zero attached hydrogens (tertiary/aromatic N) is 5. The monoisotopic (exact) mass is 257 g/mol. The minimum Gasteiger partial charge on any atom is -0.275 e. The first kappa shape index (κ1) is 13.0. The van der Waals surface area contributed by atoms with E-state index in [-0.39, 0.29) is 11.2 Å². The lowest BCUT2D eigenvalue weighted by atomic mass is 10.1. The highest BCUT2D eigenvalue weighted by molar-refractivity contribution is 5.26. The topological polar surface area (TPSA) is 76.5 Å². The molecule has 2 rings (SSSR count). The third kappa shape index (κ3) is 2.71. The number of pyridine rings is 1. The molecule has 0 saturated carbocycles. The molecule has 0 bridgehead atoms. The summed E-state index contributed by atoms with van der Waals surface area (Å²) in [5, 5.41) is 12.8. The molecule has 2 aromatic heterocycles. The second-order valence-electron chi connectivity index (χ2n) is 5.27. The molecule has 0 saturated heterocycles. The van der Waals surface area contributed by atoms with Crippen LogP contribution in [0.15, 0.2) is 29.5 Å². The standard InChI is InChI=1S/C13H15N5O/c1-13(2,3)18-12(19)17(9-16-18)8-11-5-4-10(6-14)7-15-11/h4-5,7,9H,8H2,1-3H3. The summed E-state index contributed by atoms with van der Waals surface area (Å²) >= 11 is 0. The molecule has 0 aromatic carbocycles. The van der Waals surface area contributed by atoms with Gasteiger partial charge in [0.15, 0.2) is 0 Å². The van der Waals surface area contributed by atoms with E-state index >= 15 is 0 Å². The summed E-state index contributed by atoms with van der Waals surface area (Å²) in [6.45, 7) is 6.11. The number of hydrogen-bond donors (Lipinski definition) is 0. The molecule has 6 nitrogen and oxygen atoms in total. The van der Waals surface area contributed by atoms with Gasteiger partial charge < -0.3 is 0 Å². The van der Waals surface area contributed by atoms with Gasteiger partial charge in [-0.05, 0) is 32.9 Å². The van der Waals surface area contributed by atoms with E-state index in [4.69, 9.17) is 5.26 Å². The molecule has 0 amide bonds. The van der Waals surface area contributed by atoms with Gasteiger partial charge in [0.2, 0.25) is 0 Å². The van der Waals surface area contributed by atoms with Crippen molar-refractivity contribution in [2.75, 3.05) is 0 Å². The van der Waals surface area contributed by atoms with Gasteiger partial charge in [0.1, 0.15) is 12.4 Å². The van der Waals surface area contributed by atoms with Crippen LogP contribution in [0.3, 0.4) is 0 Å². The van der Waals surface area contributed by atoms with Crippen LogP contribution in [0.5, 0.6) is 0 Å². The molecule has 19 heavy (non-hydrogen) atoms. The SMILES string of the molecule is CC(C)(C)n1ncn(Cc2ccc(C#N)cn2)c1=O. The van der Waals surface area contributed by atoms with Gasteiger partial charge in [-0.15, -0.1) is 0 Å². The van der Waals surface area contributed by atoms with E-state index in [0.717, 1.165) is 5.69 Å². The summed E-state index contributed by atoms with van der Waals surface area (Å²) in [6, 6.07) is 5.42. The Morgan fingerprint density at radius 3 is 2.58 bits per heavy atom. The zero-order valence-electron chi connectivity index (χ0n) is 11.2. The molecule has 0 spiro atoms. The fraction of sp³-hybridized carbons (Fsp3) is 0.385. The summed E-state index contributed by atoms with van der Waals surface area (Å²) < 4.78 is 2.94. The van der Waals surface area contributed by atoms with E-state index in [0.29, 0.717) is 12.1 Å². The lowest BCUT2D eigenvalue weighted by Crippen LogP contribution is -2.35. The number of hydrogen-bond acceptors (Lipinski definition) is 4. The molecule has 0 atom stereocenters. The van der Waals surface area contributed by atoms with Crippen molar-refractivity contribution < 1.29 is 0 Å². The van der Waals surface area contributed by atoms with Crippen molar-refractivity contribution in [2.24, 2.45) is 0 Å². The number of nitriles is 1. The average molecular weight is 257 g/mol. The largest absolute Gasteiger partial charge is 0.346 e. The van der Waals surface area contributed by atoms with Crippen molar-refractivity contribution in [3.63, 3.8) is 0 Å². The molecule has 6 heteroatoms. The molecule has 0 N–H and O–H groups in total. The van der Waals surface area contributed by atoms with Crippen LogP contribution in [0.4, 0.5) is 0 Å². The Labute approximate surface area is 110 Å². The van der Waals surface area contributed by atoms with Gasteiger partial charge >= 0.3 is 5.69 Å². The second-order valence-corrected chi connectivity index (χ2v) is 5.27. The van der Waals surface area contributed by atoms with Crippen LogP contribution in [-0.2, 0) is 12.1 Å². The maximum Gasteiger partial charge on any atom is 0.346 e. The van der Waals surface area contributed by atoms with E-state index in [1.54, 1.807) is 12.1 Å². The fourth-order valence-corrected chi connectivity index (χ4v) is 1.66. The Balaban J connectivity index is 2.27. The van der Waals surface area contributed by atoms with Crippen LogP contribution in [0.25, 0.3) is 0 Å². The first-order valence-electron chi connectivity index (χ1n) is 5.92. The zero-order chi connectivity index (χ0) is 14.0. The highest BCUT2D eigenvalue weighted by atomic mass is 16.2. The predicted octanol–water partition coefficient (Wildman–Crippen LogP) is 1.11. The van der Waals surface area contributed by atoms with E-state index in [9.17, 15) is 4.79 Å². The van der Waals surface area contributed by atoms with Crippen LogP contribution in [0.1, 0.15) is 32.0 Å². The smallest absolute Gasteiger partial charge is 0.275 e. The minimum absolute atomic E-state index is 0.168. The van der Waals surface area contributed by atoms with Crippen LogP contribution < -0.4 is 5.69 Å². The molecule has 2 heterocycles. The molecule has 0 aliphatic rings. The summed E-state index contributed by atoms with van der Waals surface area (Å²) in [5.41, 5.74) is 0.704. The van der Waals surface area contributed by atoms with Crippen molar-refractivity contribution in [3.8, 4) is 6.07 Å². The molecule has 0 aliphatic carbocycles. The van der Waals surface area contributed by atoms with Crippen molar-refractivity contribution >= 4 is 0 Å². The van der Waals surface area contributed by atoms with E-state index in [2.05, 4.69) is 10.1 Å². The molecule has 2 aromatic rings. The van der Waals surface area contributed by atoms with Crippen molar-refractivity contribution in [2.45, 2.75) is 32.9 Å². The molecular weight excluding hydrogens is 242 g/mol. The molecule has 0 aliphatic heterocycles. The van der Waals surface area contributed by atoms with Gasteiger partial charge in [0.05, 0.1) is 23.3 Å². The van der Waals surface area contributed by atoms with Gasteiger partial charge in [0, 0.05) is 6.20 Å². The summed E-state index contributed by atoms with van der Waals surface area (Å²) in [4.78, 5) is 16.3. The third-order valence-corrected chi connectivity index (χ3v) is 2.65. The lowest BCUT2D eigenvalue weighted by molar-refractivity contribution is 0.340. The predicted molar refractivity (Wildman–Crippen MR) is 69.5 cm³/mol. The molecule has 0 unspecified atom stereocenters. The van der Waals surface area contributed by atoms with Crippen LogP contribution in [0.2, 0.25) is 0 Å². The van der Waals surface area contributed by atoms with Crippen molar-refractivity contribution in [1.82, 2.24) is 19.3 Å². The normalized spacial score (nSPS) is 11.3. The Bertz CT molecular complexity index is 667. The maximum atomic E-state index is 12.1. The van der Waals surface area contributed by atoms with Gasteiger partial charge in [-0.25, -0.2) is 9.48 Å². The Kier molecular flexibility index (Phi) is 3.21. The van der Waals surface area contributed by atoms with E-state index in [1.165, 1.54) is 21.8 Å². The summed E-state index contributed by atoms with van der Waals surface area (Å²) in [6.07, 6.45) is 3.00. The van der Waals surface area contributed by atoms with Crippen LogP contribution >= 0.6 is 0 Å². The first-order valence-corrected chi connectivity index (χ1v) is 5.92.